The molecule has 142 valence electrons. The van der Waals surface area contributed by atoms with E-state index in [1.165, 1.54) is 0 Å². The number of aromatic amines is 1. The number of carboxylic acids is 1. The van der Waals surface area contributed by atoms with Gasteiger partial charge in [-0.25, -0.2) is 9.89 Å². The molecule has 0 saturated heterocycles. The number of aromatic carboxylic acids is 1. The maximum Gasteiger partial charge on any atom is 0.436 e. The maximum atomic E-state index is 12.9. The van der Waals surface area contributed by atoms with Gasteiger partial charge in [-0.15, -0.1) is 0 Å². The number of nitrogens with zero attached hydrogens (tertiary/aromatic N) is 3. The van der Waals surface area contributed by atoms with Gasteiger partial charge in [0.05, 0.1) is 12.2 Å². The minimum absolute atomic E-state index is 0.0112. The second-order valence-electron chi connectivity index (χ2n) is 5.87. The molecule has 0 unspecified atom stereocenters. The number of benzene rings is 1. The zero-order valence-electron chi connectivity index (χ0n) is 14.1. The van der Waals surface area contributed by atoms with Crippen LogP contribution in [0, 0.1) is 6.92 Å². The van der Waals surface area contributed by atoms with Crippen LogP contribution in [-0.4, -0.2) is 31.1 Å². The highest BCUT2D eigenvalue weighted by molar-refractivity contribution is 5.88. The van der Waals surface area contributed by atoms with Crippen LogP contribution < -0.4 is 4.74 Å². The van der Waals surface area contributed by atoms with Gasteiger partial charge in [-0.3, -0.25) is 4.68 Å². The molecular formula is C17H15F3N4O3. The summed E-state index contributed by atoms with van der Waals surface area (Å²) < 4.78 is 45.1. The van der Waals surface area contributed by atoms with E-state index >= 15 is 0 Å². The van der Waals surface area contributed by atoms with E-state index in [4.69, 9.17) is 9.84 Å². The van der Waals surface area contributed by atoms with Gasteiger partial charge in [-0.2, -0.15) is 23.4 Å². The summed E-state index contributed by atoms with van der Waals surface area (Å²) in [7, 11) is 0. The van der Waals surface area contributed by atoms with E-state index in [1.807, 2.05) is 6.92 Å². The van der Waals surface area contributed by atoms with Crippen molar-refractivity contribution >= 4 is 5.97 Å². The van der Waals surface area contributed by atoms with Crippen molar-refractivity contribution < 1.29 is 27.8 Å². The van der Waals surface area contributed by atoms with E-state index < -0.39 is 23.4 Å². The largest absolute Gasteiger partial charge is 0.478 e. The lowest BCUT2D eigenvalue weighted by molar-refractivity contribution is -0.142. The smallest absolute Gasteiger partial charge is 0.436 e. The van der Waals surface area contributed by atoms with Crippen molar-refractivity contribution in [2.45, 2.75) is 26.3 Å². The molecule has 2 N–H and O–H groups in total. The van der Waals surface area contributed by atoms with Crippen LogP contribution in [0.3, 0.4) is 0 Å². The molecule has 0 aliphatic carbocycles. The number of ether oxygens (including phenoxy) is 1. The number of halogens is 3. The van der Waals surface area contributed by atoms with Crippen LogP contribution in [0.4, 0.5) is 13.2 Å². The Bertz CT molecular complexity index is 945. The Morgan fingerprint density at radius 3 is 2.44 bits per heavy atom. The Morgan fingerprint density at radius 1 is 1.26 bits per heavy atom. The number of carbonyl (C=O) groups is 1. The molecule has 0 spiro atoms. The number of carboxylic acid groups (broad SMARTS) is 1. The van der Waals surface area contributed by atoms with Crippen molar-refractivity contribution in [2.75, 3.05) is 0 Å². The van der Waals surface area contributed by atoms with Gasteiger partial charge in [0.2, 0.25) is 5.88 Å². The zero-order chi connectivity index (χ0) is 19.6. The van der Waals surface area contributed by atoms with Crippen LogP contribution >= 0.6 is 0 Å². The van der Waals surface area contributed by atoms with E-state index in [2.05, 4.69) is 15.3 Å². The van der Waals surface area contributed by atoms with E-state index in [0.29, 0.717) is 18.1 Å². The van der Waals surface area contributed by atoms with Crippen molar-refractivity contribution in [3.8, 4) is 5.88 Å². The first kappa shape index (κ1) is 18.5. The van der Waals surface area contributed by atoms with Crippen LogP contribution in [0.2, 0.25) is 0 Å². The fourth-order valence-corrected chi connectivity index (χ4v) is 2.43. The standard InChI is InChI=1S/C17H15F3N4O3/c1-10-6-14(22-21-10)27-9-12-4-2-11(3-5-12)7-24-8-13(16(25)26)15(23-24)17(18,19)20/h2-6,8H,7,9H2,1H3,(H,21,22)(H,25,26). The van der Waals surface area contributed by atoms with Crippen molar-refractivity contribution in [3.05, 3.63) is 64.6 Å². The third-order valence-corrected chi connectivity index (χ3v) is 3.70. The summed E-state index contributed by atoms with van der Waals surface area (Å²) in [5.41, 5.74) is 0.0498. The minimum atomic E-state index is -4.83. The summed E-state index contributed by atoms with van der Waals surface area (Å²) in [5, 5.41) is 19.0. The second-order valence-corrected chi connectivity index (χ2v) is 5.87. The second kappa shape index (κ2) is 7.14. The molecule has 0 aliphatic heterocycles. The summed E-state index contributed by atoms with van der Waals surface area (Å²) in [5.74, 6) is -1.14. The summed E-state index contributed by atoms with van der Waals surface area (Å²) >= 11 is 0. The number of hydrogen-bond acceptors (Lipinski definition) is 4. The molecular weight excluding hydrogens is 365 g/mol. The normalized spacial score (nSPS) is 11.6. The van der Waals surface area contributed by atoms with Gasteiger partial charge in [-0.05, 0) is 18.1 Å². The van der Waals surface area contributed by atoms with Gasteiger partial charge in [0.15, 0.2) is 5.69 Å². The summed E-state index contributed by atoms with van der Waals surface area (Å²) in [4.78, 5) is 11.0. The molecule has 7 nitrogen and oxygen atoms in total. The lowest BCUT2D eigenvalue weighted by Crippen LogP contribution is -2.12. The Morgan fingerprint density at radius 2 is 1.93 bits per heavy atom. The number of aryl methyl sites for hydroxylation is 1. The zero-order valence-corrected chi connectivity index (χ0v) is 14.1. The molecule has 0 aliphatic rings. The molecule has 0 radical (unpaired) electrons. The minimum Gasteiger partial charge on any atom is -0.478 e. The van der Waals surface area contributed by atoms with Gasteiger partial charge in [-0.1, -0.05) is 24.3 Å². The Hall–Kier alpha value is -3.30. The average molecular weight is 380 g/mol. The van der Waals surface area contributed by atoms with Crippen molar-refractivity contribution in [3.63, 3.8) is 0 Å². The molecule has 3 rings (SSSR count). The van der Waals surface area contributed by atoms with Gasteiger partial charge in [0.1, 0.15) is 12.2 Å². The number of aromatic nitrogens is 4. The third-order valence-electron chi connectivity index (χ3n) is 3.70. The Balaban J connectivity index is 1.68. The molecule has 27 heavy (non-hydrogen) atoms. The number of alkyl halides is 3. The highest BCUT2D eigenvalue weighted by atomic mass is 19.4. The molecule has 0 amide bonds. The first-order chi connectivity index (χ1) is 12.7. The number of hydrogen-bond donors (Lipinski definition) is 2. The number of rotatable bonds is 6. The van der Waals surface area contributed by atoms with E-state index in [-0.39, 0.29) is 6.54 Å². The van der Waals surface area contributed by atoms with Crippen molar-refractivity contribution in [1.82, 2.24) is 20.0 Å². The first-order valence-corrected chi connectivity index (χ1v) is 7.83. The molecule has 2 aromatic heterocycles. The lowest BCUT2D eigenvalue weighted by atomic mass is 10.1. The van der Waals surface area contributed by atoms with Crippen LogP contribution in [0.5, 0.6) is 5.88 Å². The summed E-state index contributed by atoms with van der Waals surface area (Å²) in [6, 6.07) is 8.72. The molecule has 3 aromatic rings. The first-order valence-electron chi connectivity index (χ1n) is 7.83. The molecule has 10 heteroatoms. The Kier molecular flexibility index (Phi) is 4.89. The highest BCUT2D eigenvalue weighted by Gasteiger charge is 2.39. The molecule has 0 atom stereocenters. The molecule has 0 fully saturated rings. The fourth-order valence-electron chi connectivity index (χ4n) is 2.43. The topological polar surface area (TPSA) is 93.0 Å². The highest BCUT2D eigenvalue weighted by Crippen LogP contribution is 2.30. The SMILES string of the molecule is Cc1cc(OCc2ccc(Cn3cc(C(=O)O)c(C(F)(F)F)n3)cc2)[nH]n1. The quantitative estimate of drug-likeness (QED) is 0.685. The van der Waals surface area contributed by atoms with E-state index in [0.717, 1.165) is 22.1 Å². The van der Waals surface area contributed by atoms with Crippen molar-refractivity contribution in [2.24, 2.45) is 0 Å². The fraction of sp³-hybridized carbons (Fsp3) is 0.235. The van der Waals surface area contributed by atoms with Crippen LogP contribution in [0.25, 0.3) is 0 Å². The predicted molar refractivity (Wildman–Crippen MR) is 87.4 cm³/mol. The lowest BCUT2D eigenvalue weighted by Gasteiger charge is -2.06. The van der Waals surface area contributed by atoms with Gasteiger partial charge in [0.25, 0.3) is 0 Å². The van der Waals surface area contributed by atoms with Crippen LogP contribution in [-0.2, 0) is 19.3 Å². The monoisotopic (exact) mass is 380 g/mol. The molecule has 0 saturated carbocycles. The predicted octanol–water partition coefficient (Wildman–Crippen LogP) is 3.26. The van der Waals surface area contributed by atoms with Crippen LogP contribution in [0.15, 0.2) is 36.5 Å². The Labute approximate surface area is 151 Å². The number of H-pyrrole nitrogens is 1. The summed E-state index contributed by atoms with van der Waals surface area (Å²) in [6.45, 7) is 2.13. The van der Waals surface area contributed by atoms with E-state index in [9.17, 15) is 18.0 Å². The molecule has 0 bridgehead atoms. The van der Waals surface area contributed by atoms with Crippen LogP contribution in [0.1, 0.15) is 32.9 Å². The molecule has 1 aromatic carbocycles. The number of nitrogens with one attached hydrogen (secondary N) is 1. The van der Waals surface area contributed by atoms with Crippen molar-refractivity contribution in [1.29, 1.82) is 0 Å². The van der Waals surface area contributed by atoms with Gasteiger partial charge in [0, 0.05) is 12.3 Å². The van der Waals surface area contributed by atoms with E-state index in [1.54, 1.807) is 30.3 Å². The van der Waals surface area contributed by atoms with Gasteiger partial charge >= 0.3 is 12.1 Å². The van der Waals surface area contributed by atoms with Gasteiger partial charge < -0.3 is 9.84 Å². The average Bonchev–Trinajstić information content (AvgIpc) is 3.20. The molecule has 2 heterocycles. The third kappa shape index (κ3) is 4.46. The maximum absolute atomic E-state index is 12.9. The summed E-state index contributed by atoms with van der Waals surface area (Å²) in [6.07, 6.45) is -3.95.